The summed E-state index contributed by atoms with van der Waals surface area (Å²) >= 11 is 0. The molecule has 0 saturated carbocycles. The van der Waals surface area contributed by atoms with Crippen LogP contribution in [0.15, 0.2) is 10.5 Å². The second kappa shape index (κ2) is 4.84. The van der Waals surface area contributed by atoms with Gasteiger partial charge in [-0.3, -0.25) is 0 Å². The van der Waals surface area contributed by atoms with Gasteiger partial charge in [0.1, 0.15) is 17.1 Å². The summed E-state index contributed by atoms with van der Waals surface area (Å²) in [5, 5.41) is 0. The van der Waals surface area contributed by atoms with Gasteiger partial charge in [0.2, 0.25) is 0 Å². The smallest absolute Gasteiger partial charge is 0.341 e. The summed E-state index contributed by atoms with van der Waals surface area (Å²) in [5.41, 5.74) is 0.568. The second-order valence-electron chi connectivity index (χ2n) is 3.18. The summed E-state index contributed by atoms with van der Waals surface area (Å²) in [6.07, 6.45) is 1.55. The summed E-state index contributed by atoms with van der Waals surface area (Å²) in [5.74, 6) is 1.19. The van der Waals surface area contributed by atoms with Gasteiger partial charge in [0.15, 0.2) is 0 Å². The van der Waals surface area contributed by atoms with Crippen molar-refractivity contribution in [3.63, 3.8) is 0 Å². The molecule has 78 valence electrons. The molecule has 1 aromatic rings. The number of carbonyl (C=O) groups is 1. The highest BCUT2D eigenvalue weighted by atomic mass is 16.5. The lowest BCUT2D eigenvalue weighted by molar-refractivity contribution is 0.0502. The van der Waals surface area contributed by atoms with Crippen molar-refractivity contribution in [1.82, 2.24) is 0 Å². The van der Waals surface area contributed by atoms with E-state index < -0.39 is 0 Å². The summed E-state index contributed by atoms with van der Waals surface area (Å²) in [6, 6.07) is 1.73. The molecule has 0 atom stereocenters. The maximum Gasteiger partial charge on any atom is 0.341 e. The van der Waals surface area contributed by atoms with E-state index in [1.165, 1.54) is 0 Å². The maximum atomic E-state index is 11.5. The first-order chi connectivity index (χ1) is 6.69. The molecule has 0 saturated heterocycles. The van der Waals surface area contributed by atoms with Crippen LogP contribution in [0.2, 0.25) is 0 Å². The molecule has 3 nitrogen and oxygen atoms in total. The van der Waals surface area contributed by atoms with Crippen molar-refractivity contribution in [3.05, 3.63) is 23.2 Å². The maximum absolute atomic E-state index is 11.5. The third-order valence-electron chi connectivity index (χ3n) is 1.91. The highest BCUT2D eigenvalue weighted by Gasteiger charge is 2.15. The zero-order chi connectivity index (χ0) is 10.6. The molecule has 14 heavy (non-hydrogen) atoms. The monoisotopic (exact) mass is 196 g/mol. The Bertz CT molecular complexity index is 312. The normalized spacial score (nSPS) is 10.2. The Hall–Kier alpha value is -1.25. The Morgan fingerprint density at radius 3 is 2.79 bits per heavy atom. The molecule has 0 radical (unpaired) electrons. The van der Waals surface area contributed by atoms with Crippen LogP contribution in [0.1, 0.15) is 42.1 Å². The third kappa shape index (κ3) is 2.37. The molecule has 3 heteroatoms. The fraction of sp³-hybridized carbons (Fsp3) is 0.545. The van der Waals surface area contributed by atoms with Crippen LogP contribution in [-0.4, -0.2) is 12.6 Å². The van der Waals surface area contributed by atoms with Crippen molar-refractivity contribution >= 4 is 5.97 Å². The first-order valence-electron chi connectivity index (χ1n) is 4.95. The van der Waals surface area contributed by atoms with Crippen LogP contribution in [-0.2, 0) is 11.2 Å². The summed E-state index contributed by atoms with van der Waals surface area (Å²) in [4.78, 5) is 11.5. The molecule has 0 aliphatic rings. The minimum atomic E-state index is -0.277. The van der Waals surface area contributed by atoms with Gasteiger partial charge in [0, 0.05) is 6.42 Å². The number of furan rings is 1. The van der Waals surface area contributed by atoms with Crippen LogP contribution in [0.5, 0.6) is 0 Å². The molecule has 0 aliphatic heterocycles. The van der Waals surface area contributed by atoms with E-state index in [0.717, 1.165) is 12.2 Å². The topological polar surface area (TPSA) is 39.4 Å². The molecule has 0 aromatic carbocycles. The van der Waals surface area contributed by atoms with Gasteiger partial charge in [-0.25, -0.2) is 4.79 Å². The third-order valence-corrected chi connectivity index (χ3v) is 1.91. The number of esters is 1. The van der Waals surface area contributed by atoms with Gasteiger partial charge in [0.05, 0.1) is 6.61 Å². The number of aryl methyl sites for hydroxylation is 2. The van der Waals surface area contributed by atoms with E-state index in [1.807, 2.05) is 20.8 Å². The van der Waals surface area contributed by atoms with Gasteiger partial charge in [0.25, 0.3) is 0 Å². The molecule has 0 N–H and O–H groups in total. The van der Waals surface area contributed by atoms with Crippen molar-refractivity contribution in [3.8, 4) is 0 Å². The Balaban J connectivity index is 2.77. The summed E-state index contributed by atoms with van der Waals surface area (Å²) < 4.78 is 10.4. The number of rotatable bonds is 4. The first-order valence-corrected chi connectivity index (χ1v) is 4.95. The van der Waals surface area contributed by atoms with Crippen molar-refractivity contribution in [2.45, 2.75) is 33.6 Å². The van der Waals surface area contributed by atoms with E-state index in [-0.39, 0.29) is 5.97 Å². The Kier molecular flexibility index (Phi) is 3.74. The standard InChI is InChI=1S/C11H16O3/c1-4-6-13-11(12)9-7-8(3)14-10(9)5-2/h7H,4-6H2,1-3H3. The van der Waals surface area contributed by atoms with Gasteiger partial charge in [-0.15, -0.1) is 0 Å². The minimum absolute atomic E-state index is 0.277. The zero-order valence-corrected chi connectivity index (χ0v) is 8.92. The van der Waals surface area contributed by atoms with Gasteiger partial charge >= 0.3 is 5.97 Å². The van der Waals surface area contributed by atoms with E-state index in [1.54, 1.807) is 6.07 Å². The lowest BCUT2D eigenvalue weighted by atomic mass is 10.2. The number of hydrogen-bond donors (Lipinski definition) is 0. The van der Waals surface area contributed by atoms with E-state index >= 15 is 0 Å². The van der Waals surface area contributed by atoms with Crippen molar-refractivity contribution in [2.75, 3.05) is 6.61 Å². The Morgan fingerprint density at radius 2 is 2.21 bits per heavy atom. The van der Waals surface area contributed by atoms with Crippen LogP contribution in [0.3, 0.4) is 0 Å². The average molecular weight is 196 g/mol. The molecule has 0 aliphatic carbocycles. The lowest BCUT2D eigenvalue weighted by Gasteiger charge is -2.01. The predicted octanol–water partition coefficient (Wildman–Crippen LogP) is 2.72. The summed E-state index contributed by atoms with van der Waals surface area (Å²) in [7, 11) is 0. The van der Waals surface area contributed by atoms with Crippen LogP contribution < -0.4 is 0 Å². The Labute approximate surface area is 84.1 Å². The number of ether oxygens (including phenoxy) is 1. The summed E-state index contributed by atoms with van der Waals surface area (Å²) in [6.45, 7) is 6.21. The molecule has 0 unspecified atom stereocenters. The fourth-order valence-electron chi connectivity index (χ4n) is 1.27. The van der Waals surface area contributed by atoms with Gasteiger partial charge in [-0.1, -0.05) is 13.8 Å². The molecule has 0 bridgehead atoms. The largest absolute Gasteiger partial charge is 0.465 e. The van der Waals surface area contributed by atoms with Gasteiger partial charge in [-0.05, 0) is 19.4 Å². The van der Waals surface area contributed by atoms with Gasteiger partial charge < -0.3 is 9.15 Å². The van der Waals surface area contributed by atoms with E-state index in [0.29, 0.717) is 24.4 Å². The highest BCUT2D eigenvalue weighted by molar-refractivity contribution is 5.90. The average Bonchev–Trinajstić information content (AvgIpc) is 2.56. The van der Waals surface area contributed by atoms with Crippen molar-refractivity contribution in [2.24, 2.45) is 0 Å². The highest BCUT2D eigenvalue weighted by Crippen LogP contribution is 2.16. The number of carbonyl (C=O) groups excluding carboxylic acids is 1. The molecule has 1 aromatic heterocycles. The quantitative estimate of drug-likeness (QED) is 0.695. The molecule has 1 heterocycles. The number of hydrogen-bond acceptors (Lipinski definition) is 3. The minimum Gasteiger partial charge on any atom is -0.465 e. The van der Waals surface area contributed by atoms with E-state index in [9.17, 15) is 4.79 Å². The molecule has 0 amide bonds. The van der Waals surface area contributed by atoms with Crippen molar-refractivity contribution in [1.29, 1.82) is 0 Å². The molecular formula is C11H16O3. The van der Waals surface area contributed by atoms with Crippen LogP contribution in [0, 0.1) is 6.92 Å². The van der Waals surface area contributed by atoms with Crippen molar-refractivity contribution < 1.29 is 13.9 Å². The molecule has 0 spiro atoms. The van der Waals surface area contributed by atoms with Crippen LogP contribution >= 0.6 is 0 Å². The van der Waals surface area contributed by atoms with Crippen LogP contribution in [0.25, 0.3) is 0 Å². The zero-order valence-electron chi connectivity index (χ0n) is 8.92. The van der Waals surface area contributed by atoms with E-state index in [2.05, 4.69) is 0 Å². The lowest BCUT2D eigenvalue weighted by Crippen LogP contribution is -2.06. The SMILES string of the molecule is CCCOC(=O)c1cc(C)oc1CC. The molecule has 1 rings (SSSR count). The fourth-order valence-corrected chi connectivity index (χ4v) is 1.27. The Morgan fingerprint density at radius 1 is 1.50 bits per heavy atom. The second-order valence-corrected chi connectivity index (χ2v) is 3.18. The van der Waals surface area contributed by atoms with Gasteiger partial charge in [-0.2, -0.15) is 0 Å². The van der Waals surface area contributed by atoms with E-state index in [4.69, 9.17) is 9.15 Å². The molecular weight excluding hydrogens is 180 g/mol. The van der Waals surface area contributed by atoms with Crippen LogP contribution in [0.4, 0.5) is 0 Å². The predicted molar refractivity (Wildman–Crippen MR) is 53.4 cm³/mol. The first kappa shape index (κ1) is 10.8. The molecule has 0 fully saturated rings.